The second-order valence-electron chi connectivity index (χ2n) is 11.1. The first kappa shape index (κ1) is 25.3. The first-order chi connectivity index (χ1) is 17.0. The molecule has 5 atom stereocenters. The Morgan fingerprint density at radius 1 is 1.11 bits per heavy atom. The van der Waals surface area contributed by atoms with Crippen LogP contribution in [0.1, 0.15) is 57.8 Å². The van der Waals surface area contributed by atoms with Crippen LogP contribution in [-0.2, 0) is 0 Å². The minimum atomic E-state index is -0.982. The topological polar surface area (TPSA) is 136 Å². The molecule has 0 spiro atoms. The molecular formula is C26H36N6O3S. The first-order valence-corrected chi connectivity index (χ1v) is 13.5. The minimum Gasteiger partial charge on any atom is -0.390 e. The second kappa shape index (κ2) is 9.48. The molecule has 2 saturated carbocycles. The van der Waals surface area contributed by atoms with E-state index in [9.17, 15) is 15.3 Å². The van der Waals surface area contributed by atoms with Crippen LogP contribution in [0, 0.1) is 25.7 Å². The Bertz CT molecular complexity index is 1250. The standard InChI is InChI=1S/C26H36N6O3S/c1-12(15-6-7-15)28-25-29-13(2)19(24-31-20-14(3)27-9-8-18(20)36-24)23(32-25)30-17-10-16(11-26(4,5)35)21(33)22(17)34/h8-9,12,15-17,21-22,33-35H,6-7,10-11H2,1-5H3,(H2,28,29,30,32)/t12-,16-,17?,21-,22+/m1/s1. The van der Waals surface area contributed by atoms with Crippen molar-refractivity contribution >= 4 is 33.3 Å². The molecule has 2 aliphatic rings. The Kier molecular flexibility index (Phi) is 6.65. The van der Waals surface area contributed by atoms with Crippen LogP contribution < -0.4 is 10.6 Å². The van der Waals surface area contributed by atoms with Gasteiger partial charge in [0.05, 0.1) is 39.4 Å². The maximum Gasteiger partial charge on any atom is 0.225 e. The highest BCUT2D eigenvalue weighted by molar-refractivity contribution is 7.21. The van der Waals surface area contributed by atoms with Crippen LogP contribution in [0.5, 0.6) is 0 Å². The smallest absolute Gasteiger partial charge is 0.225 e. The lowest BCUT2D eigenvalue weighted by molar-refractivity contribution is -0.0132. The summed E-state index contributed by atoms with van der Waals surface area (Å²) in [7, 11) is 0. The average Bonchev–Trinajstić information content (AvgIpc) is 3.50. The van der Waals surface area contributed by atoms with E-state index in [4.69, 9.17) is 15.0 Å². The van der Waals surface area contributed by atoms with Crippen molar-refractivity contribution in [1.29, 1.82) is 0 Å². The van der Waals surface area contributed by atoms with Gasteiger partial charge in [-0.3, -0.25) is 4.98 Å². The molecule has 0 amide bonds. The van der Waals surface area contributed by atoms with Crippen LogP contribution in [0.4, 0.5) is 11.8 Å². The van der Waals surface area contributed by atoms with Crippen molar-refractivity contribution in [2.45, 2.75) is 90.2 Å². The Morgan fingerprint density at radius 2 is 1.86 bits per heavy atom. The number of thiazole rings is 1. The van der Waals surface area contributed by atoms with E-state index in [0.717, 1.165) is 32.2 Å². The van der Waals surface area contributed by atoms with Crippen LogP contribution in [-0.4, -0.2) is 65.1 Å². The molecule has 3 heterocycles. The van der Waals surface area contributed by atoms with Gasteiger partial charge in [0.15, 0.2) is 0 Å². The van der Waals surface area contributed by atoms with Gasteiger partial charge in [0.25, 0.3) is 0 Å². The van der Waals surface area contributed by atoms with Crippen LogP contribution in [0.25, 0.3) is 20.8 Å². The lowest BCUT2D eigenvalue weighted by Gasteiger charge is -2.24. The first-order valence-electron chi connectivity index (χ1n) is 12.7. The van der Waals surface area contributed by atoms with Gasteiger partial charge in [0.1, 0.15) is 22.4 Å². The number of fused-ring (bicyclic) bond motifs is 1. The quantitative estimate of drug-likeness (QED) is 0.306. The van der Waals surface area contributed by atoms with Gasteiger partial charge in [-0.1, -0.05) is 0 Å². The van der Waals surface area contributed by atoms with E-state index in [2.05, 4.69) is 22.5 Å². The molecule has 36 heavy (non-hydrogen) atoms. The third-order valence-electron chi connectivity index (χ3n) is 7.37. The van der Waals surface area contributed by atoms with Gasteiger partial charge in [-0.25, -0.2) is 9.97 Å². The zero-order chi connectivity index (χ0) is 25.8. The molecule has 10 heteroatoms. The molecule has 0 aromatic carbocycles. The molecule has 3 aromatic rings. The van der Waals surface area contributed by atoms with Crippen molar-refractivity contribution in [2.24, 2.45) is 11.8 Å². The van der Waals surface area contributed by atoms with Crippen molar-refractivity contribution in [3.8, 4) is 10.6 Å². The van der Waals surface area contributed by atoms with Crippen molar-refractivity contribution in [3.63, 3.8) is 0 Å². The molecule has 0 radical (unpaired) electrons. The minimum absolute atomic E-state index is 0.229. The summed E-state index contributed by atoms with van der Waals surface area (Å²) in [5.41, 5.74) is 2.36. The summed E-state index contributed by atoms with van der Waals surface area (Å²) in [6.45, 7) is 9.49. The van der Waals surface area contributed by atoms with Crippen LogP contribution in [0.2, 0.25) is 0 Å². The summed E-state index contributed by atoms with van der Waals surface area (Å²) in [4.78, 5) is 18.9. The lowest BCUT2D eigenvalue weighted by atomic mass is 9.91. The summed E-state index contributed by atoms with van der Waals surface area (Å²) in [6, 6.07) is 1.81. The van der Waals surface area contributed by atoms with Crippen LogP contribution in [0.15, 0.2) is 12.3 Å². The molecule has 0 bridgehead atoms. The van der Waals surface area contributed by atoms with Crippen molar-refractivity contribution in [2.75, 3.05) is 10.6 Å². The van der Waals surface area contributed by atoms with Gasteiger partial charge in [-0.15, -0.1) is 11.3 Å². The number of aliphatic hydroxyl groups is 3. The number of aryl methyl sites for hydroxylation is 2. The maximum absolute atomic E-state index is 10.9. The highest BCUT2D eigenvalue weighted by Crippen LogP contribution is 2.40. The fourth-order valence-corrected chi connectivity index (χ4v) is 6.40. The predicted molar refractivity (Wildman–Crippen MR) is 142 cm³/mol. The third kappa shape index (κ3) is 5.18. The third-order valence-corrected chi connectivity index (χ3v) is 8.40. The van der Waals surface area contributed by atoms with Gasteiger partial charge < -0.3 is 26.0 Å². The Hall–Kier alpha value is -2.40. The Morgan fingerprint density at radius 3 is 2.53 bits per heavy atom. The Labute approximate surface area is 215 Å². The molecule has 9 nitrogen and oxygen atoms in total. The summed E-state index contributed by atoms with van der Waals surface area (Å²) in [5.74, 6) is 1.53. The zero-order valence-electron chi connectivity index (χ0n) is 21.5. The summed E-state index contributed by atoms with van der Waals surface area (Å²) in [6.07, 6.45) is 3.21. The van der Waals surface area contributed by atoms with E-state index < -0.39 is 23.9 Å². The molecule has 1 unspecified atom stereocenters. The molecule has 3 aromatic heterocycles. The number of hydrogen-bond acceptors (Lipinski definition) is 10. The Balaban J connectivity index is 1.51. The van der Waals surface area contributed by atoms with E-state index in [1.54, 1.807) is 31.4 Å². The van der Waals surface area contributed by atoms with Crippen molar-refractivity contribution < 1.29 is 15.3 Å². The fourth-order valence-electron chi connectivity index (χ4n) is 5.29. The number of hydrogen-bond donors (Lipinski definition) is 5. The van der Waals surface area contributed by atoms with E-state index in [0.29, 0.717) is 30.5 Å². The van der Waals surface area contributed by atoms with E-state index in [1.165, 1.54) is 12.8 Å². The fraction of sp³-hybridized carbons (Fsp3) is 0.615. The highest BCUT2D eigenvalue weighted by Gasteiger charge is 2.43. The number of aromatic nitrogens is 4. The predicted octanol–water partition coefficient (Wildman–Crippen LogP) is 3.66. The number of nitrogens with one attached hydrogen (secondary N) is 2. The molecule has 194 valence electrons. The SMILES string of the molecule is Cc1nc(N[C@H](C)C2CC2)nc(NC2C[C@H](CC(C)(C)O)[C@@H](O)[C@H]2O)c1-c1nc2c(C)nccc2s1. The molecule has 5 rings (SSSR count). The van der Waals surface area contributed by atoms with Gasteiger partial charge >= 0.3 is 0 Å². The molecular weight excluding hydrogens is 476 g/mol. The molecule has 0 aliphatic heterocycles. The van der Waals surface area contributed by atoms with E-state index in [1.807, 2.05) is 19.9 Å². The van der Waals surface area contributed by atoms with E-state index >= 15 is 0 Å². The average molecular weight is 513 g/mol. The van der Waals surface area contributed by atoms with Crippen molar-refractivity contribution in [1.82, 2.24) is 19.9 Å². The van der Waals surface area contributed by atoms with Gasteiger partial charge in [0.2, 0.25) is 5.95 Å². The lowest BCUT2D eigenvalue weighted by Crippen LogP contribution is -2.36. The van der Waals surface area contributed by atoms with Gasteiger partial charge in [0, 0.05) is 12.2 Å². The molecule has 2 fully saturated rings. The molecule has 5 N–H and O–H groups in total. The molecule has 2 aliphatic carbocycles. The molecule has 0 saturated heterocycles. The number of nitrogens with zero attached hydrogens (tertiary/aromatic N) is 4. The monoisotopic (exact) mass is 512 g/mol. The summed E-state index contributed by atoms with van der Waals surface area (Å²) < 4.78 is 1.04. The van der Waals surface area contributed by atoms with Crippen LogP contribution >= 0.6 is 11.3 Å². The summed E-state index contributed by atoms with van der Waals surface area (Å²) >= 11 is 1.56. The highest BCUT2D eigenvalue weighted by atomic mass is 32.1. The second-order valence-corrected chi connectivity index (χ2v) is 12.2. The largest absolute Gasteiger partial charge is 0.390 e. The number of pyridine rings is 1. The van der Waals surface area contributed by atoms with Gasteiger partial charge in [-0.2, -0.15) is 4.98 Å². The van der Waals surface area contributed by atoms with E-state index in [-0.39, 0.29) is 12.0 Å². The van der Waals surface area contributed by atoms with Crippen molar-refractivity contribution in [3.05, 3.63) is 23.7 Å². The van der Waals surface area contributed by atoms with Gasteiger partial charge in [-0.05, 0) is 78.2 Å². The summed E-state index contributed by atoms with van der Waals surface area (Å²) in [5, 5.41) is 39.6. The maximum atomic E-state index is 10.9. The number of rotatable bonds is 8. The number of aliphatic hydroxyl groups excluding tert-OH is 2. The zero-order valence-corrected chi connectivity index (χ0v) is 22.3. The number of anilines is 2. The van der Waals surface area contributed by atoms with Crippen LogP contribution in [0.3, 0.4) is 0 Å². The normalized spacial score (nSPS) is 25.3.